The van der Waals surface area contributed by atoms with Crippen LogP contribution in [0.4, 0.5) is 5.82 Å². The summed E-state index contributed by atoms with van der Waals surface area (Å²) in [5, 5.41) is 12.3. The molecular formula is C15H24N6O2. The summed E-state index contributed by atoms with van der Waals surface area (Å²) in [6.45, 7) is 8.78. The molecule has 1 saturated heterocycles. The Hall–Kier alpha value is -2.11. The Bertz CT molecular complexity index is 706. The standard InChI is InChI=1S/C15H24N6O2/c1-4-20-7-9-21(10-8-20)6-5-17-13-12(11-16)14(22)19(3)15(23)18(13)2/h17H,4-10H2,1-3H3. The Morgan fingerprint density at radius 1 is 1.09 bits per heavy atom. The van der Waals surface area contributed by atoms with Gasteiger partial charge in [-0.05, 0) is 6.54 Å². The van der Waals surface area contributed by atoms with Gasteiger partial charge in [-0.25, -0.2) is 4.79 Å². The minimum absolute atomic E-state index is 0.0228. The molecule has 0 aliphatic carbocycles. The summed E-state index contributed by atoms with van der Waals surface area (Å²) >= 11 is 0. The third kappa shape index (κ3) is 3.63. The maximum absolute atomic E-state index is 12.0. The first-order chi connectivity index (χ1) is 11.0. The summed E-state index contributed by atoms with van der Waals surface area (Å²) in [7, 11) is 2.94. The van der Waals surface area contributed by atoms with E-state index in [1.807, 2.05) is 6.07 Å². The number of nitrogens with one attached hydrogen (secondary N) is 1. The Morgan fingerprint density at radius 2 is 1.70 bits per heavy atom. The molecule has 0 aromatic carbocycles. The minimum atomic E-state index is -0.560. The summed E-state index contributed by atoms with van der Waals surface area (Å²) in [6, 6.07) is 1.90. The van der Waals surface area contributed by atoms with Crippen molar-refractivity contribution in [3.8, 4) is 6.07 Å². The van der Waals surface area contributed by atoms with Crippen molar-refractivity contribution in [3.63, 3.8) is 0 Å². The maximum Gasteiger partial charge on any atom is 0.332 e. The molecule has 0 saturated carbocycles. The molecule has 0 unspecified atom stereocenters. The quantitative estimate of drug-likeness (QED) is 0.749. The number of hydrogen-bond acceptors (Lipinski definition) is 6. The second-order valence-electron chi connectivity index (χ2n) is 5.74. The average molecular weight is 320 g/mol. The lowest BCUT2D eigenvalue weighted by Crippen LogP contribution is -2.47. The molecule has 8 heteroatoms. The smallest absolute Gasteiger partial charge is 0.332 e. The second kappa shape index (κ2) is 7.44. The molecule has 1 N–H and O–H groups in total. The Kier molecular flexibility index (Phi) is 5.58. The summed E-state index contributed by atoms with van der Waals surface area (Å²) in [5.74, 6) is 0.299. The number of anilines is 1. The van der Waals surface area contributed by atoms with Crippen LogP contribution in [0, 0.1) is 11.3 Å². The lowest BCUT2D eigenvalue weighted by atomic mass is 10.3. The van der Waals surface area contributed by atoms with Gasteiger partial charge in [-0.1, -0.05) is 6.92 Å². The van der Waals surface area contributed by atoms with Gasteiger partial charge in [0.25, 0.3) is 5.56 Å². The molecule has 0 radical (unpaired) electrons. The Balaban J connectivity index is 2.03. The molecular weight excluding hydrogens is 296 g/mol. The number of rotatable bonds is 5. The Labute approximate surface area is 135 Å². The van der Waals surface area contributed by atoms with Crippen LogP contribution in [0.25, 0.3) is 0 Å². The summed E-state index contributed by atoms with van der Waals surface area (Å²) in [6.07, 6.45) is 0. The molecule has 2 rings (SSSR count). The third-order valence-corrected chi connectivity index (χ3v) is 4.41. The predicted molar refractivity (Wildman–Crippen MR) is 88.7 cm³/mol. The number of nitriles is 1. The zero-order valence-electron chi connectivity index (χ0n) is 14.0. The van der Waals surface area contributed by atoms with Gasteiger partial charge in [-0.3, -0.25) is 18.8 Å². The van der Waals surface area contributed by atoms with Crippen molar-refractivity contribution in [3.05, 3.63) is 26.4 Å². The van der Waals surface area contributed by atoms with Crippen molar-refractivity contribution in [2.45, 2.75) is 6.92 Å². The summed E-state index contributed by atoms with van der Waals surface area (Å²) in [5.41, 5.74) is -1.02. The van der Waals surface area contributed by atoms with Gasteiger partial charge in [0, 0.05) is 53.4 Å². The van der Waals surface area contributed by atoms with E-state index in [1.165, 1.54) is 11.6 Å². The number of aromatic nitrogens is 2. The van der Waals surface area contributed by atoms with Gasteiger partial charge in [0.1, 0.15) is 11.9 Å². The van der Waals surface area contributed by atoms with Crippen molar-refractivity contribution in [1.82, 2.24) is 18.9 Å². The second-order valence-corrected chi connectivity index (χ2v) is 5.74. The normalized spacial score (nSPS) is 16.3. The van der Waals surface area contributed by atoms with E-state index < -0.39 is 11.2 Å². The van der Waals surface area contributed by atoms with Gasteiger partial charge < -0.3 is 10.2 Å². The highest BCUT2D eigenvalue weighted by atomic mass is 16.2. The molecule has 8 nitrogen and oxygen atoms in total. The first kappa shape index (κ1) is 17.2. The van der Waals surface area contributed by atoms with Crippen molar-refractivity contribution in [1.29, 1.82) is 5.26 Å². The van der Waals surface area contributed by atoms with Gasteiger partial charge in [-0.15, -0.1) is 0 Å². The first-order valence-corrected chi connectivity index (χ1v) is 7.88. The van der Waals surface area contributed by atoms with Crippen molar-refractivity contribution in [2.24, 2.45) is 14.1 Å². The van der Waals surface area contributed by atoms with Gasteiger partial charge in [-0.2, -0.15) is 5.26 Å². The molecule has 0 atom stereocenters. The van der Waals surface area contributed by atoms with E-state index in [0.29, 0.717) is 12.4 Å². The van der Waals surface area contributed by atoms with Crippen molar-refractivity contribution >= 4 is 5.82 Å². The monoisotopic (exact) mass is 320 g/mol. The summed E-state index contributed by atoms with van der Waals surface area (Å²) < 4.78 is 2.27. The largest absolute Gasteiger partial charge is 0.369 e. The topological polar surface area (TPSA) is 86.3 Å². The fourth-order valence-corrected chi connectivity index (χ4v) is 2.81. The highest BCUT2D eigenvalue weighted by molar-refractivity contribution is 5.51. The van der Waals surface area contributed by atoms with Crippen LogP contribution in [-0.4, -0.2) is 64.7 Å². The first-order valence-electron chi connectivity index (χ1n) is 7.88. The minimum Gasteiger partial charge on any atom is -0.369 e. The third-order valence-electron chi connectivity index (χ3n) is 4.41. The number of piperazine rings is 1. The van der Waals surface area contributed by atoms with Gasteiger partial charge in [0.15, 0.2) is 5.56 Å². The van der Waals surface area contributed by atoms with Crippen LogP contribution < -0.4 is 16.6 Å². The van der Waals surface area contributed by atoms with Crippen LogP contribution in [0.2, 0.25) is 0 Å². The number of hydrogen-bond donors (Lipinski definition) is 1. The predicted octanol–water partition coefficient (Wildman–Crippen LogP) is -0.995. The lowest BCUT2D eigenvalue weighted by molar-refractivity contribution is 0.141. The fourth-order valence-electron chi connectivity index (χ4n) is 2.81. The molecule has 1 aliphatic rings. The van der Waals surface area contributed by atoms with Gasteiger partial charge in [0.2, 0.25) is 0 Å². The summed E-state index contributed by atoms with van der Waals surface area (Å²) in [4.78, 5) is 28.7. The van der Waals surface area contributed by atoms with E-state index in [4.69, 9.17) is 0 Å². The lowest BCUT2D eigenvalue weighted by Gasteiger charge is -2.34. The fraction of sp³-hybridized carbons (Fsp3) is 0.667. The van der Waals surface area contributed by atoms with Crippen molar-refractivity contribution < 1.29 is 0 Å². The van der Waals surface area contributed by atoms with E-state index in [0.717, 1.165) is 43.8 Å². The van der Waals surface area contributed by atoms with E-state index in [1.54, 1.807) is 7.05 Å². The molecule has 1 aromatic heterocycles. The van der Waals surface area contributed by atoms with E-state index in [2.05, 4.69) is 22.0 Å². The molecule has 1 fully saturated rings. The number of likely N-dealkylation sites (N-methyl/N-ethyl adjacent to an activating group) is 1. The van der Waals surface area contributed by atoms with Crippen molar-refractivity contribution in [2.75, 3.05) is 51.1 Å². The molecule has 1 aromatic rings. The molecule has 0 spiro atoms. The SMILES string of the molecule is CCN1CCN(CCNc2c(C#N)c(=O)n(C)c(=O)n2C)CC1. The van der Waals surface area contributed by atoms with Crippen LogP contribution in [0.15, 0.2) is 9.59 Å². The average Bonchev–Trinajstić information content (AvgIpc) is 2.58. The highest BCUT2D eigenvalue weighted by Crippen LogP contribution is 2.07. The molecule has 0 amide bonds. The van der Waals surface area contributed by atoms with Crippen LogP contribution in [-0.2, 0) is 14.1 Å². The van der Waals surface area contributed by atoms with E-state index >= 15 is 0 Å². The van der Waals surface area contributed by atoms with Gasteiger partial charge in [0.05, 0.1) is 0 Å². The molecule has 2 heterocycles. The molecule has 1 aliphatic heterocycles. The number of nitrogens with zero attached hydrogens (tertiary/aromatic N) is 5. The van der Waals surface area contributed by atoms with Crippen LogP contribution in [0.1, 0.15) is 12.5 Å². The Morgan fingerprint density at radius 3 is 2.26 bits per heavy atom. The maximum atomic E-state index is 12.0. The molecule has 23 heavy (non-hydrogen) atoms. The van der Waals surface area contributed by atoms with Crippen LogP contribution in [0.5, 0.6) is 0 Å². The highest BCUT2D eigenvalue weighted by Gasteiger charge is 2.17. The zero-order valence-corrected chi connectivity index (χ0v) is 14.0. The van der Waals surface area contributed by atoms with E-state index in [9.17, 15) is 14.9 Å². The molecule has 0 bridgehead atoms. The van der Waals surface area contributed by atoms with Gasteiger partial charge >= 0.3 is 5.69 Å². The van der Waals surface area contributed by atoms with Crippen LogP contribution >= 0.6 is 0 Å². The van der Waals surface area contributed by atoms with E-state index in [-0.39, 0.29) is 5.56 Å². The van der Waals surface area contributed by atoms with Crippen LogP contribution in [0.3, 0.4) is 0 Å². The molecule has 126 valence electrons. The zero-order chi connectivity index (χ0) is 17.0.